The van der Waals surface area contributed by atoms with Crippen LogP contribution in [-0.2, 0) is 4.74 Å². The highest BCUT2D eigenvalue weighted by atomic mass is 19.2. The third kappa shape index (κ3) is 2.41. The molecule has 0 aliphatic rings. The minimum atomic E-state index is -1.85. The predicted molar refractivity (Wildman–Crippen MR) is 75.5 cm³/mol. The normalized spacial score (nSPS) is 9.80. The molecule has 0 aliphatic heterocycles. The molecule has 0 radical (unpaired) electrons. The zero-order valence-electron chi connectivity index (χ0n) is 12.4. The smallest absolute Gasteiger partial charge is 0.357 e. The number of rotatable bonds is 2. The lowest BCUT2D eigenvalue weighted by molar-refractivity contribution is 0.0593. The lowest BCUT2D eigenvalue weighted by Crippen LogP contribution is -2.15. The maximum atomic E-state index is 14.6. The number of carbonyl (C=O) groups is 1. The molecule has 0 aliphatic carbocycles. The van der Waals surface area contributed by atoms with E-state index in [9.17, 15) is 18.0 Å². The molecular formula is C15H6F3N5O2. The Morgan fingerprint density at radius 1 is 1.08 bits per heavy atom. The second kappa shape index (κ2) is 6.26. The largest absolute Gasteiger partial charge is 0.464 e. The molecule has 2 N–H and O–H groups in total. The first-order chi connectivity index (χ1) is 11.8. The predicted octanol–water partition coefficient (Wildman–Crippen LogP) is 1.88. The molecule has 25 heavy (non-hydrogen) atoms. The number of nitriles is 3. The topological polar surface area (TPSA) is 129 Å². The van der Waals surface area contributed by atoms with Gasteiger partial charge in [0.2, 0.25) is 0 Å². The number of hydrogen-bond donors (Lipinski definition) is 1. The zero-order chi connectivity index (χ0) is 18.9. The minimum Gasteiger partial charge on any atom is -0.464 e. The van der Waals surface area contributed by atoms with Crippen molar-refractivity contribution in [2.45, 2.75) is 0 Å². The van der Waals surface area contributed by atoms with Crippen LogP contribution < -0.4 is 5.73 Å². The summed E-state index contributed by atoms with van der Waals surface area (Å²) in [6, 6.07) is 4.03. The van der Waals surface area contributed by atoms with Crippen LogP contribution in [0.1, 0.15) is 27.2 Å². The summed E-state index contributed by atoms with van der Waals surface area (Å²) in [6.07, 6.45) is 0.847. The number of nitrogen functional groups attached to an aromatic ring is 1. The Balaban J connectivity index is 3.06. The molecule has 0 fully saturated rings. The molecule has 1 aromatic carbocycles. The van der Waals surface area contributed by atoms with Gasteiger partial charge in [-0.3, -0.25) is 0 Å². The van der Waals surface area contributed by atoms with Crippen LogP contribution in [0.5, 0.6) is 0 Å². The molecule has 124 valence electrons. The third-order valence-electron chi connectivity index (χ3n) is 3.30. The van der Waals surface area contributed by atoms with Crippen molar-refractivity contribution in [1.82, 2.24) is 4.57 Å². The second-order valence-electron chi connectivity index (χ2n) is 4.54. The first-order valence-electron chi connectivity index (χ1n) is 6.34. The minimum absolute atomic E-state index is 0.299. The monoisotopic (exact) mass is 345 g/mol. The van der Waals surface area contributed by atoms with Crippen LogP contribution in [0.3, 0.4) is 0 Å². The van der Waals surface area contributed by atoms with Gasteiger partial charge in [-0.25, -0.2) is 18.0 Å². The van der Waals surface area contributed by atoms with E-state index in [1.807, 2.05) is 0 Å². The van der Waals surface area contributed by atoms with E-state index >= 15 is 0 Å². The number of nitrogens with zero attached hydrogens (tertiary/aromatic N) is 4. The van der Waals surface area contributed by atoms with Crippen molar-refractivity contribution in [3.8, 4) is 23.9 Å². The number of methoxy groups -OCH3 is 1. The molecule has 0 unspecified atom stereocenters. The highest BCUT2D eigenvalue weighted by Crippen LogP contribution is 2.32. The lowest BCUT2D eigenvalue weighted by Gasteiger charge is -2.13. The maximum absolute atomic E-state index is 14.6. The van der Waals surface area contributed by atoms with Gasteiger partial charge in [0.25, 0.3) is 0 Å². The highest BCUT2D eigenvalue weighted by molar-refractivity contribution is 5.96. The molecule has 0 amide bonds. The molecule has 2 rings (SSSR count). The zero-order valence-corrected chi connectivity index (χ0v) is 12.4. The number of carbonyl (C=O) groups excluding carboxylic acids is 1. The van der Waals surface area contributed by atoms with Gasteiger partial charge in [0.15, 0.2) is 23.1 Å². The van der Waals surface area contributed by atoms with Crippen LogP contribution in [0.15, 0.2) is 6.20 Å². The number of halogens is 3. The van der Waals surface area contributed by atoms with Gasteiger partial charge in [0.05, 0.1) is 18.4 Å². The van der Waals surface area contributed by atoms with Crippen LogP contribution >= 0.6 is 0 Å². The standard InChI is InChI=1S/C15H6F3N5O2/c1-25-15(24)14-12(22)6(2-19)5-23(14)13-8(4-21)10(17)9(16)7(3-20)11(13)18/h5H,22H2,1H3. The Bertz CT molecular complexity index is 1040. The second-order valence-corrected chi connectivity index (χ2v) is 4.54. The fourth-order valence-electron chi connectivity index (χ4n) is 2.17. The van der Waals surface area contributed by atoms with E-state index in [0.717, 1.165) is 19.4 Å². The van der Waals surface area contributed by atoms with Gasteiger partial charge in [0, 0.05) is 6.20 Å². The molecule has 10 heteroatoms. The van der Waals surface area contributed by atoms with Crippen molar-refractivity contribution in [2.75, 3.05) is 12.8 Å². The van der Waals surface area contributed by atoms with Gasteiger partial charge in [-0.15, -0.1) is 0 Å². The quantitative estimate of drug-likeness (QED) is 0.653. The van der Waals surface area contributed by atoms with Crippen molar-refractivity contribution in [2.24, 2.45) is 0 Å². The van der Waals surface area contributed by atoms with Crippen molar-refractivity contribution < 1.29 is 22.7 Å². The Morgan fingerprint density at radius 2 is 1.64 bits per heavy atom. The molecule has 0 saturated carbocycles. The first-order valence-corrected chi connectivity index (χ1v) is 6.34. The molecule has 2 aromatic rings. The summed E-state index contributed by atoms with van der Waals surface area (Å²) in [6.45, 7) is 0. The lowest BCUT2D eigenvalue weighted by atomic mass is 10.1. The average molecular weight is 345 g/mol. The highest BCUT2D eigenvalue weighted by Gasteiger charge is 2.30. The molecule has 0 spiro atoms. The summed E-state index contributed by atoms with van der Waals surface area (Å²) < 4.78 is 47.4. The SMILES string of the molecule is COC(=O)c1c(N)c(C#N)cn1-c1c(F)c(C#N)c(F)c(F)c1C#N. The van der Waals surface area contributed by atoms with Gasteiger partial charge in [-0.1, -0.05) is 0 Å². The summed E-state index contributed by atoms with van der Waals surface area (Å²) >= 11 is 0. The Hall–Kier alpha value is -3.97. The Labute approximate surface area is 138 Å². The van der Waals surface area contributed by atoms with Crippen molar-refractivity contribution in [3.63, 3.8) is 0 Å². The van der Waals surface area contributed by atoms with Crippen molar-refractivity contribution >= 4 is 11.7 Å². The number of anilines is 1. The number of esters is 1. The van der Waals surface area contributed by atoms with E-state index in [1.54, 1.807) is 6.07 Å². The van der Waals surface area contributed by atoms with Gasteiger partial charge in [-0.2, -0.15) is 15.8 Å². The van der Waals surface area contributed by atoms with Crippen LogP contribution in [0.25, 0.3) is 5.69 Å². The number of benzene rings is 1. The number of ether oxygens (including phenoxy) is 1. The van der Waals surface area contributed by atoms with Crippen LogP contribution in [0, 0.1) is 51.4 Å². The molecule has 0 bridgehead atoms. The van der Waals surface area contributed by atoms with Gasteiger partial charge in [0.1, 0.15) is 35.0 Å². The van der Waals surface area contributed by atoms with E-state index in [0.29, 0.717) is 4.57 Å². The molecule has 1 aromatic heterocycles. The molecule has 0 atom stereocenters. The fraction of sp³-hybridized carbons (Fsp3) is 0.0667. The summed E-state index contributed by atoms with van der Waals surface area (Å²) in [5, 5.41) is 26.9. The van der Waals surface area contributed by atoms with E-state index in [1.165, 1.54) is 6.07 Å². The van der Waals surface area contributed by atoms with Crippen LogP contribution in [-0.4, -0.2) is 17.6 Å². The van der Waals surface area contributed by atoms with Gasteiger partial charge in [-0.05, 0) is 0 Å². The fourth-order valence-corrected chi connectivity index (χ4v) is 2.17. The Morgan fingerprint density at radius 3 is 2.12 bits per heavy atom. The maximum Gasteiger partial charge on any atom is 0.357 e. The van der Waals surface area contributed by atoms with E-state index < -0.39 is 51.6 Å². The summed E-state index contributed by atoms with van der Waals surface area (Å²) in [7, 11) is 0.971. The first kappa shape index (κ1) is 17.4. The molecular weight excluding hydrogens is 339 g/mol. The average Bonchev–Trinajstić information content (AvgIpc) is 2.93. The number of nitrogens with two attached hydrogens (primary N) is 1. The molecule has 1 heterocycles. The van der Waals surface area contributed by atoms with Crippen LogP contribution in [0.4, 0.5) is 18.9 Å². The summed E-state index contributed by atoms with van der Waals surface area (Å²) in [5.41, 5.74) is 0.983. The Kier molecular flexibility index (Phi) is 4.36. The number of hydrogen-bond acceptors (Lipinski definition) is 6. The van der Waals surface area contributed by atoms with Crippen molar-refractivity contribution in [3.05, 3.63) is 46.0 Å². The van der Waals surface area contributed by atoms with E-state index in [4.69, 9.17) is 21.5 Å². The summed E-state index contributed by atoms with van der Waals surface area (Å²) in [5.74, 6) is -6.34. The van der Waals surface area contributed by atoms with E-state index in [-0.39, 0.29) is 5.56 Å². The van der Waals surface area contributed by atoms with Crippen molar-refractivity contribution in [1.29, 1.82) is 15.8 Å². The number of aromatic nitrogens is 1. The molecule has 7 nitrogen and oxygen atoms in total. The van der Waals surface area contributed by atoms with Gasteiger partial charge >= 0.3 is 5.97 Å². The van der Waals surface area contributed by atoms with Crippen LogP contribution in [0.2, 0.25) is 0 Å². The van der Waals surface area contributed by atoms with Gasteiger partial charge < -0.3 is 15.0 Å². The van der Waals surface area contributed by atoms with E-state index in [2.05, 4.69) is 4.74 Å². The summed E-state index contributed by atoms with van der Waals surface area (Å²) in [4.78, 5) is 11.9. The third-order valence-corrected chi connectivity index (χ3v) is 3.30. The molecule has 0 saturated heterocycles.